The van der Waals surface area contributed by atoms with Crippen molar-refractivity contribution < 1.29 is 0 Å². The van der Waals surface area contributed by atoms with Crippen LogP contribution < -0.4 is 5.56 Å². The summed E-state index contributed by atoms with van der Waals surface area (Å²) in [5.74, 6) is 2.24. The van der Waals surface area contributed by atoms with Crippen molar-refractivity contribution in [2.75, 3.05) is 0 Å². The highest BCUT2D eigenvalue weighted by molar-refractivity contribution is 5.14. The molecule has 1 heterocycles. The zero-order valence-electron chi connectivity index (χ0n) is 13.3. The lowest BCUT2D eigenvalue weighted by atomic mass is 9.79. The molecule has 3 nitrogen and oxygen atoms in total. The molecule has 0 spiro atoms. The zero-order valence-corrected chi connectivity index (χ0v) is 13.3. The molecule has 0 bridgehead atoms. The van der Waals surface area contributed by atoms with Crippen molar-refractivity contribution in [2.45, 2.75) is 77.6 Å². The van der Waals surface area contributed by atoms with E-state index in [9.17, 15) is 4.79 Å². The van der Waals surface area contributed by atoms with E-state index in [4.69, 9.17) is 4.98 Å². The summed E-state index contributed by atoms with van der Waals surface area (Å²) in [5.41, 5.74) is 0.838. The van der Waals surface area contributed by atoms with E-state index in [1.807, 2.05) is 0 Å². The molecule has 1 aromatic rings. The van der Waals surface area contributed by atoms with Crippen molar-refractivity contribution in [1.82, 2.24) is 9.97 Å². The van der Waals surface area contributed by atoms with Crippen molar-refractivity contribution in [3.63, 3.8) is 0 Å². The van der Waals surface area contributed by atoms with E-state index >= 15 is 0 Å². The molecule has 0 atom stereocenters. The van der Waals surface area contributed by atoms with Gasteiger partial charge in [0.05, 0.1) is 5.69 Å². The Labute approximate surface area is 122 Å². The Hall–Kier alpha value is -1.12. The predicted octanol–water partition coefficient (Wildman–Crippen LogP) is 4.14. The van der Waals surface area contributed by atoms with Crippen LogP contribution in [0.3, 0.4) is 0 Å². The number of nitrogens with one attached hydrogen (secondary N) is 1. The highest BCUT2D eigenvalue weighted by Crippen LogP contribution is 2.36. The summed E-state index contributed by atoms with van der Waals surface area (Å²) < 4.78 is 0. The van der Waals surface area contributed by atoms with Gasteiger partial charge in [-0.1, -0.05) is 40.5 Å². The minimum atomic E-state index is -0.0670. The first kappa shape index (κ1) is 15.3. The van der Waals surface area contributed by atoms with Crippen molar-refractivity contribution in [2.24, 2.45) is 5.92 Å². The Bertz CT molecular complexity index is 490. The smallest absolute Gasteiger partial charge is 0.251 e. The van der Waals surface area contributed by atoms with Crippen LogP contribution in [0.1, 0.15) is 83.7 Å². The lowest BCUT2D eigenvalue weighted by Gasteiger charge is -2.28. The Kier molecular flexibility index (Phi) is 4.66. The minimum absolute atomic E-state index is 0.00407. The molecule has 1 saturated carbocycles. The van der Waals surface area contributed by atoms with Gasteiger partial charge in [0, 0.05) is 17.4 Å². The number of hydrogen-bond donors (Lipinski definition) is 1. The summed E-state index contributed by atoms with van der Waals surface area (Å²) in [6, 6.07) is 1.65. The number of nitrogens with zero attached hydrogens (tertiary/aromatic N) is 1. The third-order valence-electron chi connectivity index (χ3n) is 4.46. The third-order valence-corrected chi connectivity index (χ3v) is 4.46. The first-order valence-electron chi connectivity index (χ1n) is 8.02. The van der Waals surface area contributed by atoms with Crippen LogP contribution in [-0.4, -0.2) is 9.97 Å². The van der Waals surface area contributed by atoms with Gasteiger partial charge in [0.1, 0.15) is 5.82 Å². The molecule has 1 aliphatic carbocycles. The number of aromatic amines is 1. The van der Waals surface area contributed by atoms with Gasteiger partial charge in [0.25, 0.3) is 5.56 Å². The number of rotatable bonds is 3. The Morgan fingerprint density at radius 2 is 1.90 bits per heavy atom. The van der Waals surface area contributed by atoms with E-state index in [0.29, 0.717) is 5.92 Å². The minimum Gasteiger partial charge on any atom is -0.310 e. The second-order valence-corrected chi connectivity index (χ2v) is 7.27. The lowest BCUT2D eigenvalue weighted by Crippen LogP contribution is -2.24. The van der Waals surface area contributed by atoms with Crippen LogP contribution in [0.5, 0.6) is 0 Å². The molecule has 2 rings (SSSR count). The van der Waals surface area contributed by atoms with Crippen LogP contribution in [0.4, 0.5) is 0 Å². The normalized spacial score (nSPS) is 23.8. The van der Waals surface area contributed by atoms with Crippen LogP contribution in [0.15, 0.2) is 10.9 Å². The van der Waals surface area contributed by atoms with Gasteiger partial charge < -0.3 is 4.98 Å². The van der Waals surface area contributed by atoms with Gasteiger partial charge in [0.2, 0.25) is 0 Å². The Balaban J connectivity index is 2.14. The van der Waals surface area contributed by atoms with Crippen LogP contribution in [0.25, 0.3) is 0 Å². The molecule has 0 unspecified atom stereocenters. The molecule has 112 valence electrons. The van der Waals surface area contributed by atoms with Crippen molar-refractivity contribution in [3.8, 4) is 0 Å². The predicted molar refractivity (Wildman–Crippen MR) is 83.2 cm³/mol. The lowest BCUT2D eigenvalue weighted by molar-refractivity contribution is 0.301. The molecule has 1 aliphatic rings. The molecule has 0 amide bonds. The van der Waals surface area contributed by atoms with Crippen LogP contribution in [0, 0.1) is 5.92 Å². The molecule has 3 heteroatoms. The molecule has 1 aromatic heterocycles. The van der Waals surface area contributed by atoms with Crippen LogP contribution >= 0.6 is 0 Å². The maximum absolute atomic E-state index is 11.9. The molecule has 1 fully saturated rings. The highest BCUT2D eigenvalue weighted by atomic mass is 16.1. The monoisotopic (exact) mass is 276 g/mol. The van der Waals surface area contributed by atoms with Gasteiger partial charge in [-0.25, -0.2) is 4.98 Å². The van der Waals surface area contributed by atoms with Crippen molar-refractivity contribution in [3.05, 3.63) is 27.9 Å². The summed E-state index contributed by atoms with van der Waals surface area (Å²) >= 11 is 0. The van der Waals surface area contributed by atoms with Crippen LogP contribution in [-0.2, 0) is 5.41 Å². The Morgan fingerprint density at radius 1 is 1.25 bits per heavy atom. The maximum Gasteiger partial charge on any atom is 0.251 e. The third kappa shape index (κ3) is 3.71. The zero-order chi connectivity index (χ0) is 14.8. The first-order valence-corrected chi connectivity index (χ1v) is 8.02. The van der Waals surface area contributed by atoms with Gasteiger partial charge in [-0.3, -0.25) is 4.79 Å². The summed E-state index contributed by atoms with van der Waals surface area (Å²) in [5, 5.41) is 0. The van der Waals surface area contributed by atoms with E-state index in [-0.39, 0.29) is 11.0 Å². The fourth-order valence-corrected chi connectivity index (χ4v) is 3.19. The van der Waals surface area contributed by atoms with Crippen molar-refractivity contribution in [1.29, 1.82) is 0 Å². The second-order valence-electron chi connectivity index (χ2n) is 7.27. The summed E-state index contributed by atoms with van der Waals surface area (Å²) in [6.45, 7) is 8.59. The second kappa shape index (κ2) is 6.11. The van der Waals surface area contributed by atoms with Gasteiger partial charge >= 0.3 is 0 Å². The molecule has 0 radical (unpaired) electrons. The first-order chi connectivity index (χ1) is 9.40. The Morgan fingerprint density at radius 3 is 2.45 bits per heavy atom. The topological polar surface area (TPSA) is 45.8 Å². The summed E-state index contributed by atoms with van der Waals surface area (Å²) in [6.07, 6.45) is 7.52. The molecule has 0 saturated heterocycles. The van der Waals surface area contributed by atoms with Gasteiger partial charge in [0.15, 0.2) is 0 Å². The SMILES string of the molecule is CCCC1CCC(c2nc(C(C)(C)C)cc(=O)[nH]2)CC1. The van der Waals surface area contributed by atoms with Crippen LogP contribution in [0.2, 0.25) is 0 Å². The van der Waals surface area contributed by atoms with Gasteiger partial charge in [-0.15, -0.1) is 0 Å². The van der Waals surface area contributed by atoms with E-state index in [1.54, 1.807) is 6.07 Å². The standard InChI is InChI=1S/C17H28N2O/c1-5-6-12-7-9-13(10-8-12)16-18-14(17(2,3)4)11-15(20)19-16/h11-13H,5-10H2,1-4H3,(H,18,19,20). The van der Waals surface area contributed by atoms with Gasteiger partial charge in [-0.2, -0.15) is 0 Å². The maximum atomic E-state index is 11.9. The summed E-state index contributed by atoms with van der Waals surface area (Å²) in [4.78, 5) is 19.6. The van der Waals surface area contributed by atoms with E-state index in [1.165, 1.54) is 38.5 Å². The molecule has 0 aliphatic heterocycles. The average molecular weight is 276 g/mol. The highest BCUT2D eigenvalue weighted by Gasteiger charge is 2.25. The largest absolute Gasteiger partial charge is 0.310 e. The van der Waals surface area contributed by atoms with Gasteiger partial charge in [-0.05, 0) is 31.6 Å². The van der Waals surface area contributed by atoms with E-state index in [0.717, 1.165) is 17.4 Å². The summed E-state index contributed by atoms with van der Waals surface area (Å²) in [7, 11) is 0. The molecular formula is C17H28N2O. The average Bonchev–Trinajstić information content (AvgIpc) is 2.38. The fraction of sp³-hybridized carbons (Fsp3) is 0.765. The quantitative estimate of drug-likeness (QED) is 0.901. The number of aromatic nitrogens is 2. The molecular weight excluding hydrogens is 248 g/mol. The molecule has 0 aromatic carbocycles. The van der Waals surface area contributed by atoms with Crippen molar-refractivity contribution >= 4 is 0 Å². The number of H-pyrrole nitrogens is 1. The molecule has 20 heavy (non-hydrogen) atoms. The van der Waals surface area contributed by atoms with E-state index in [2.05, 4.69) is 32.7 Å². The molecule has 1 N–H and O–H groups in total. The number of hydrogen-bond acceptors (Lipinski definition) is 2. The van der Waals surface area contributed by atoms with E-state index < -0.39 is 0 Å². The fourth-order valence-electron chi connectivity index (χ4n) is 3.19.